The van der Waals surface area contributed by atoms with Crippen molar-refractivity contribution in [3.63, 3.8) is 0 Å². The number of carbonyl (C=O) groups excluding carboxylic acids is 1. The van der Waals surface area contributed by atoms with Crippen molar-refractivity contribution in [2.24, 2.45) is 0 Å². The lowest BCUT2D eigenvalue weighted by atomic mass is 9.96. The molecule has 0 atom stereocenters. The molecule has 0 radical (unpaired) electrons. The van der Waals surface area contributed by atoms with Crippen LogP contribution in [0.1, 0.15) is 49.1 Å². The zero-order chi connectivity index (χ0) is 11.5. The van der Waals surface area contributed by atoms with Crippen LogP contribution < -0.4 is 0 Å². The summed E-state index contributed by atoms with van der Waals surface area (Å²) in [5, 5.41) is 3.60. The van der Waals surface area contributed by atoms with Gasteiger partial charge in [0.2, 0.25) is 11.7 Å². The summed E-state index contributed by atoms with van der Waals surface area (Å²) in [6.07, 6.45) is 2.67. The molecule has 1 aromatic heterocycles. The Labute approximate surface area is 94.8 Å². The van der Waals surface area contributed by atoms with Crippen LogP contribution in [0.15, 0.2) is 4.52 Å². The van der Waals surface area contributed by atoms with Gasteiger partial charge in [-0.1, -0.05) is 5.16 Å². The highest BCUT2D eigenvalue weighted by molar-refractivity contribution is 5.68. The number of piperidine rings is 1. The summed E-state index contributed by atoms with van der Waals surface area (Å²) in [6, 6.07) is 0.592. The van der Waals surface area contributed by atoms with Crippen LogP contribution in [0.25, 0.3) is 0 Å². The van der Waals surface area contributed by atoms with Gasteiger partial charge in [-0.05, 0) is 39.8 Å². The predicted molar refractivity (Wildman–Crippen MR) is 58.4 cm³/mol. The topological polar surface area (TPSA) is 59.2 Å². The highest BCUT2D eigenvalue weighted by atomic mass is 16.5. The highest BCUT2D eigenvalue weighted by Crippen LogP contribution is 2.27. The van der Waals surface area contributed by atoms with Crippen LogP contribution in [0.5, 0.6) is 0 Å². The van der Waals surface area contributed by atoms with E-state index in [1.807, 2.05) is 0 Å². The molecule has 0 saturated carbocycles. The van der Waals surface area contributed by atoms with E-state index in [0.29, 0.717) is 24.1 Å². The van der Waals surface area contributed by atoms with Crippen LogP contribution in [0.2, 0.25) is 0 Å². The van der Waals surface area contributed by atoms with Crippen LogP contribution in [0.4, 0.5) is 0 Å². The van der Waals surface area contributed by atoms with Crippen molar-refractivity contribution in [3.8, 4) is 0 Å². The first-order valence-electron chi connectivity index (χ1n) is 5.73. The minimum absolute atomic E-state index is 0.154. The summed E-state index contributed by atoms with van der Waals surface area (Å²) in [5.41, 5.74) is 0. The molecule has 88 valence electrons. The zero-order valence-corrected chi connectivity index (χ0v) is 9.72. The van der Waals surface area contributed by atoms with E-state index in [9.17, 15) is 4.79 Å². The van der Waals surface area contributed by atoms with Crippen LogP contribution >= 0.6 is 0 Å². The summed E-state index contributed by atoms with van der Waals surface area (Å²) in [4.78, 5) is 16.9. The van der Waals surface area contributed by atoms with Crippen molar-refractivity contribution in [3.05, 3.63) is 11.7 Å². The van der Waals surface area contributed by atoms with E-state index in [0.717, 1.165) is 25.9 Å². The average molecular weight is 223 g/mol. The molecular weight excluding hydrogens is 206 g/mol. The summed E-state index contributed by atoms with van der Waals surface area (Å²) < 4.78 is 5.08. The van der Waals surface area contributed by atoms with Crippen LogP contribution in [-0.2, 0) is 0 Å². The standard InChI is InChI=1S/C11H17N3O2/c1-8(2)14-5-3-9(4-6-14)11-12-10(7-15)13-16-11/h7-9H,3-6H2,1-2H3. The molecule has 0 N–H and O–H groups in total. The predicted octanol–water partition coefficient (Wildman–Crippen LogP) is 1.47. The molecule has 2 heterocycles. The molecule has 1 fully saturated rings. The van der Waals surface area contributed by atoms with Gasteiger partial charge in [-0.15, -0.1) is 0 Å². The first-order valence-corrected chi connectivity index (χ1v) is 5.73. The van der Waals surface area contributed by atoms with Crippen molar-refractivity contribution in [2.75, 3.05) is 13.1 Å². The van der Waals surface area contributed by atoms with Crippen molar-refractivity contribution >= 4 is 6.29 Å². The van der Waals surface area contributed by atoms with E-state index in [2.05, 4.69) is 28.9 Å². The molecular formula is C11H17N3O2. The van der Waals surface area contributed by atoms with Gasteiger partial charge >= 0.3 is 0 Å². The van der Waals surface area contributed by atoms with Crippen molar-refractivity contribution in [1.82, 2.24) is 15.0 Å². The third-order valence-electron chi connectivity index (χ3n) is 3.17. The molecule has 1 aliphatic rings. The number of hydrogen-bond donors (Lipinski definition) is 0. The van der Waals surface area contributed by atoms with Gasteiger partial charge < -0.3 is 9.42 Å². The van der Waals surface area contributed by atoms with E-state index in [-0.39, 0.29) is 5.82 Å². The Morgan fingerprint density at radius 2 is 2.12 bits per heavy atom. The second-order valence-corrected chi connectivity index (χ2v) is 4.51. The van der Waals surface area contributed by atoms with Gasteiger partial charge in [0.15, 0.2) is 6.29 Å². The number of likely N-dealkylation sites (tertiary alicyclic amines) is 1. The third-order valence-corrected chi connectivity index (χ3v) is 3.17. The van der Waals surface area contributed by atoms with Crippen molar-refractivity contribution in [1.29, 1.82) is 0 Å². The van der Waals surface area contributed by atoms with Gasteiger partial charge in [0.1, 0.15) is 0 Å². The lowest BCUT2D eigenvalue weighted by Gasteiger charge is -2.33. The van der Waals surface area contributed by atoms with Crippen LogP contribution in [0.3, 0.4) is 0 Å². The Balaban J connectivity index is 1.96. The minimum atomic E-state index is 0.154. The molecule has 1 saturated heterocycles. The average Bonchev–Trinajstić information content (AvgIpc) is 2.77. The Morgan fingerprint density at radius 3 is 2.62 bits per heavy atom. The first kappa shape index (κ1) is 11.3. The zero-order valence-electron chi connectivity index (χ0n) is 9.72. The Hall–Kier alpha value is -1.23. The van der Waals surface area contributed by atoms with E-state index in [1.165, 1.54) is 0 Å². The molecule has 0 aromatic carbocycles. The van der Waals surface area contributed by atoms with Gasteiger partial charge in [0.05, 0.1) is 0 Å². The Morgan fingerprint density at radius 1 is 1.44 bits per heavy atom. The maximum atomic E-state index is 10.5. The molecule has 1 aliphatic heterocycles. The Kier molecular flexibility index (Phi) is 3.33. The fourth-order valence-electron chi connectivity index (χ4n) is 2.12. The van der Waals surface area contributed by atoms with Crippen molar-refractivity contribution in [2.45, 2.75) is 38.6 Å². The SMILES string of the molecule is CC(C)N1CCC(c2nc(C=O)no2)CC1. The second-order valence-electron chi connectivity index (χ2n) is 4.51. The molecule has 2 rings (SSSR count). The normalized spacial score (nSPS) is 19.2. The van der Waals surface area contributed by atoms with Gasteiger partial charge in [0, 0.05) is 12.0 Å². The molecule has 0 spiro atoms. The first-order chi connectivity index (χ1) is 7.70. The van der Waals surface area contributed by atoms with E-state index in [1.54, 1.807) is 0 Å². The summed E-state index contributed by atoms with van der Waals surface area (Å²) in [5.74, 6) is 1.09. The van der Waals surface area contributed by atoms with Crippen LogP contribution in [-0.4, -0.2) is 40.5 Å². The smallest absolute Gasteiger partial charge is 0.235 e. The Bertz CT molecular complexity index is 354. The summed E-state index contributed by atoms with van der Waals surface area (Å²) >= 11 is 0. The van der Waals surface area contributed by atoms with Crippen LogP contribution in [0, 0.1) is 0 Å². The lowest BCUT2D eigenvalue weighted by molar-refractivity contribution is 0.111. The number of carbonyl (C=O) groups is 1. The fourth-order valence-corrected chi connectivity index (χ4v) is 2.12. The molecule has 1 aromatic rings. The second kappa shape index (κ2) is 4.74. The maximum absolute atomic E-state index is 10.5. The number of nitrogens with zero attached hydrogens (tertiary/aromatic N) is 3. The minimum Gasteiger partial charge on any atom is -0.339 e. The van der Waals surface area contributed by atoms with E-state index in [4.69, 9.17) is 4.52 Å². The summed E-state index contributed by atoms with van der Waals surface area (Å²) in [7, 11) is 0. The largest absolute Gasteiger partial charge is 0.339 e. The summed E-state index contributed by atoms with van der Waals surface area (Å²) in [6.45, 7) is 6.53. The molecule has 0 unspecified atom stereocenters. The highest BCUT2D eigenvalue weighted by Gasteiger charge is 2.25. The molecule has 5 nitrogen and oxygen atoms in total. The monoisotopic (exact) mass is 223 g/mol. The molecule has 5 heteroatoms. The molecule has 0 aliphatic carbocycles. The maximum Gasteiger partial charge on any atom is 0.235 e. The fraction of sp³-hybridized carbons (Fsp3) is 0.727. The third kappa shape index (κ3) is 2.29. The number of rotatable bonds is 3. The van der Waals surface area contributed by atoms with Gasteiger partial charge in [0.25, 0.3) is 0 Å². The number of aldehydes is 1. The quantitative estimate of drug-likeness (QED) is 0.726. The van der Waals surface area contributed by atoms with Gasteiger partial charge in [-0.25, -0.2) is 0 Å². The van der Waals surface area contributed by atoms with Crippen molar-refractivity contribution < 1.29 is 9.32 Å². The van der Waals surface area contributed by atoms with E-state index >= 15 is 0 Å². The lowest BCUT2D eigenvalue weighted by Crippen LogP contribution is -2.37. The van der Waals surface area contributed by atoms with E-state index < -0.39 is 0 Å². The molecule has 16 heavy (non-hydrogen) atoms. The molecule has 0 amide bonds. The number of aromatic nitrogens is 2. The number of hydrogen-bond acceptors (Lipinski definition) is 5. The van der Waals surface area contributed by atoms with Gasteiger partial charge in [-0.2, -0.15) is 4.98 Å². The van der Waals surface area contributed by atoms with Gasteiger partial charge in [-0.3, -0.25) is 4.79 Å². The molecule has 0 bridgehead atoms.